The molecule has 94 valence electrons. The molecule has 1 saturated carbocycles. The Hall–Kier alpha value is -0.540. The zero-order chi connectivity index (χ0) is 12.3. The smallest absolute Gasteiger partial charge is 0.122 e. The number of hydrogen-bond acceptors (Lipinski definition) is 2. The maximum atomic E-state index is 10.6. The van der Waals surface area contributed by atoms with Crippen molar-refractivity contribution in [2.75, 3.05) is 7.11 Å². The molecule has 1 fully saturated rings. The summed E-state index contributed by atoms with van der Waals surface area (Å²) in [6.45, 7) is 0. The second-order valence-electron chi connectivity index (χ2n) is 4.92. The first kappa shape index (κ1) is 12.9. The first-order valence-corrected chi connectivity index (χ1v) is 6.97. The van der Waals surface area contributed by atoms with E-state index < -0.39 is 5.60 Å². The Morgan fingerprint density at radius 2 is 2.00 bits per heavy atom. The van der Waals surface area contributed by atoms with Gasteiger partial charge in [0.15, 0.2) is 0 Å². The topological polar surface area (TPSA) is 29.5 Å². The summed E-state index contributed by atoms with van der Waals surface area (Å²) >= 11 is 3.47. The molecule has 0 aromatic heterocycles. The Balaban J connectivity index is 2.19. The Morgan fingerprint density at radius 1 is 1.29 bits per heavy atom. The minimum Gasteiger partial charge on any atom is -0.496 e. The van der Waals surface area contributed by atoms with Gasteiger partial charge in [0.1, 0.15) is 5.75 Å². The van der Waals surface area contributed by atoms with Gasteiger partial charge in [0, 0.05) is 10.9 Å². The quantitative estimate of drug-likeness (QED) is 0.922. The lowest BCUT2D eigenvalue weighted by atomic mass is 9.80. The molecule has 0 heterocycles. The highest BCUT2D eigenvalue weighted by atomic mass is 79.9. The van der Waals surface area contributed by atoms with Crippen molar-refractivity contribution in [3.05, 3.63) is 28.2 Å². The third-order valence-electron chi connectivity index (χ3n) is 3.55. The van der Waals surface area contributed by atoms with Gasteiger partial charge in [-0.05, 0) is 36.6 Å². The molecule has 2 rings (SSSR count). The van der Waals surface area contributed by atoms with Gasteiger partial charge in [-0.15, -0.1) is 0 Å². The van der Waals surface area contributed by atoms with Crippen molar-refractivity contribution in [1.29, 1.82) is 0 Å². The van der Waals surface area contributed by atoms with Crippen molar-refractivity contribution < 1.29 is 9.84 Å². The third-order valence-corrected chi connectivity index (χ3v) is 4.04. The molecule has 1 aromatic carbocycles. The second-order valence-corrected chi connectivity index (χ2v) is 5.83. The number of methoxy groups -OCH3 is 1. The minimum absolute atomic E-state index is 0.535. The Morgan fingerprint density at radius 3 is 2.65 bits per heavy atom. The van der Waals surface area contributed by atoms with Gasteiger partial charge in [0.2, 0.25) is 0 Å². The summed E-state index contributed by atoms with van der Waals surface area (Å²) in [5.41, 5.74) is 0.554. The highest BCUT2D eigenvalue weighted by Crippen LogP contribution is 2.34. The molecule has 1 aromatic rings. The number of ether oxygens (including phenoxy) is 1. The molecule has 1 aliphatic carbocycles. The minimum atomic E-state index is -0.535. The zero-order valence-electron chi connectivity index (χ0n) is 10.2. The molecule has 0 spiro atoms. The average molecular weight is 299 g/mol. The van der Waals surface area contributed by atoms with Gasteiger partial charge >= 0.3 is 0 Å². The Labute approximate surface area is 111 Å². The van der Waals surface area contributed by atoms with Gasteiger partial charge in [-0.25, -0.2) is 0 Å². The van der Waals surface area contributed by atoms with Gasteiger partial charge in [0.25, 0.3) is 0 Å². The monoisotopic (exact) mass is 298 g/mol. The van der Waals surface area contributed by atoms with Crippen LogP contribution in [0, 0.1) is 0 Å². The van der Waals surface area contributed by atoms with Gasteiger partial charge < -0.3 is 9.84 Å². The van der Waals surface area contributed by atoms with Crippen LogP contribution in [-0.2, 0) is 6.42 Å². The van der Waals surface area contributed by atoms with Crippen LogP contribution in [0.15, 0.2) is 22.7 Å². The van der Waals surface area contributed by atoms with Gasteiger partial charge in [-0.1, -0.05) is 35.2 Å². The van der Waals surface area contributed by atoms with Gasteiger partial charge in [-0.2, -0.15) is 0 Å². The van der Waals surface area contributed by atoms with Crippen LogP contribution in [0.25, 0.3) is 0 Å². The molecule has 3 heteroatoms. The number of benzene rings is 1. The molecule has 1 aliphatic rings. The van der Waals surface area contributed by atoms with Gasteiger partial charge in [0.05, 0.1) is 12.7 Å². The van der Waals surface area contributed by atoms with Crippen LogP contribution in [0.1, 0.15) is 37.7 Å². The summed E-state index contributed by atoms with van der Waals surface area (Å²) in [5, 5.41) is 10.6. The van der Waals surface area contributed by atoms with E-state index in [0.29, 0.717) is 6.42 Å². The Kier molecular flexibility index (Phi) is 4.10. The van der Waals surface area contributed by atoms with E-state index >= 15 is 0 Å². The molecule has 0 amide bonds. The van der Waals surface area contributed by atoms with E-state index in [1.54, 1.807) is 7.11 Å². The molecule has 0 saturated heterocycles. The van der Waals surface area contributed by atoms with Crippen LogP contribution >= 0.6 is 15.9 Å². The molecular formula is C14H19BrO2. The summed E-state index contributed by atoms with van der Waals surface area (Å²) < 4.78 is 6.39. The fraction of sp³-hybridized carbons (Fsp3) is 0.571. The van der Waals surface area contributed by atoms with E-state index in [0.717, 1.165) is 41.5 Å². The molecule has 2 nitrogen and oxygen atoms in total. The van der Waals surface area contributed by atoms with Crippen molar-refractivity contribution in [3.8, 4) is 5.75 Å². The maximum absolute atomic E-state index is 10.6. The highest BCUT2D eigenvalue weighted by molar-refractivity contribution is 9.10. The molecule has 0 aliphatic heterocycles. The van der Waals surface area contributed by atoms with Crippen molar-refractivity contribution in [3.63, 3.8) is 0 Å². The van der Waals surface area contributed by atoms with Crippen LogP contribution < -0.4 is 4.74 Å². The van der Waals surface area contributed by atoms with E-state index in [-0.39, 0.29) is 0 Å². The molecule has 0 bridgehead atoms. The lowest BCUT2D eigenvalue weighted by molar-refractivity contribution is 0.00404. The lowest BCUT2D eigenvalue weighted by Gasteiger charge is -2.32. The van der Waals surface area contributed by atoms with Crippen LogP contribution in [0.2, 0.25) is 0 Å². The van der Waals surface area contributed by atoms with E-state index in [4.69, 9.17) is 4.74 Å². The predicted octanol–water partition coefficient (Wildman–Crippen LogP) is 3.70. The molecule has 0 radical (unpaired) electrons. The van der Waals surface area contributed by atoms with E-state index in [1.807, 2.05) is 18.2 Å². The fourth-order valence-corrected chi connectivity index (χ4v) is 3.03. The summed E-state index contributed by atoms with van der Waals surface area (Å²) in [6.07, 6.45) is 6.01. The van der Waals surface area contributed by atoms with Crippen LogP contribution in [0.3, 0.4) is 0 Å². The largest absolute Gasteiger partial charge is 0.496 e. The first-order chi connectivity index (χ1) is 8.13. The predicted molar refractivity (Wildman–Crippen MR) is 72.4 cm³/mol. The molecule has 1 N–H and O–H groups in total. The fourth-order valence-electron chi connectivity index (χ4n) is 2.63. The maximum Gasteiger partial charge on any atom is 0.122 e. The lowest BCUT2D eigenvalue weighted by Crippen LogP contribution is -2.33. The highest BCUT2D eigenvalue weighted by Gasteiger charge is 2.30. The second kappa shape index (κ2) is 5.40. The third kappa shape index (κ3) is 3.23. The standard InChI is InChI=1S/C14H19BrO2/c1-17-13-6-5-12(15)9-11(13)10-14(16)7-3-2-4-8-14/h5-6,9,16H,2-4,7-8,10H2,1H3. The number of aliphatic hydroxyl groups is 1. The SMILES string of the molecule is COc1ccc(Br)cc1CC1(O)CCCCC1. The molecule has 0 unspecified atom stereocenters. The van der Waals surface area contributed by atoms with Gasteiger partial charge in [-0.3, -0.25) is 0 Å². The average Bonchev–Trinajstić information content (AvgIpc) is 2.29. The molecular weight excluding hydrogens is 280 g/mol. The molecule has 0 atom stereocenters. The van der Waals surface area contributed by atoms with E-state index in [2.05, 4.69) is 15.9 Å². The van der Waals surface area contributed by atoms with Crippen LogP contribution in [0.5, 0.6) is 5.75 Å². The van der Waals surface area contributed by atoms with E-state index in [9.17, 15) is 5.11 Å². The van der Waals surface area contributed by atoms with Crippen LogP contribution in [-0.4, -0.2) is 17.8 Å². The normalized spacial score (nSPS) is 19.0. The number of halogens is 1. The van der Waals surface area contributed by atoms with Crippen LogP contribution in [0.4, 0.5) is 0 Å². The van der Waals surface area contributed by atoms with E-state index in [1.165, 1.54) is 6.42 Å². The summed E-state index contributed by atoms with van der Waals surface area (Å²) in [6, 6.07) is 5.96. The number of hydrogen-bond donors (Lipinski definition) is 1. The zero-order valence-corrected chi connectivity index (χ0v) is 11.8. The molecule has 17 heavy (non-hydrogen) atoms. The van der Waals surface area contributed by atoms with Crippen molar-refractivity contribution in [2.45, 2.75) is 44.1 Å². The summed E-state index contributed by atoms with van der Waals surface area (Å²) in [7, 11) is 1.68. The Bertz CT molecular complexity index is 384. The summed E-state index contributed by atoms with van der Waals surface area (Å²) in [5.74, 6) is 0.868. The summed E-state index contributed by atoms with van der Waals surface area (Å²) in [4.78, 5) is 0. The number of rotatable bonds is 3. The van der Waals surface area contributed by atoms with Crippen molar-refractivity contribution >= 4 is 15.9 Å². The van der Waals surface area contributed by atoms with Crippen molar-refractivity contribution in [1.82, 2.24) is 0 Å². The first-order valence-electron chi connectivity index (χ1n) is 6.18. The van der Waals surface area contributed by atoms with Crippen molar-refractivity contribution in [2.24, 2.45) is 0 Å².